The summed E-state index contributed by atoms with van der Waals surface area (Å²) >= 11 is 5.90. The van der Waals surface area contributed by atoms with Crippen molar-refractivity contribution in [3.63, 3.8) is 0 Å². The second-order valence-corrected chi connectivity index (χ2v) is 6.08. The van der Waals surface area contributed by atoms with Crippen molar-refractivity contribution in [1.29, 1.82) is 0 Å². The third-order valence-electron chi connectivity index (χ3n) is 3.93. The van der Waals surface area contributed by atoms with E-state index in [2.05, 4.69) is 24.4 Å². The highest BCUT2D eigenvalue weighted by atomic mass is 35.5. The highest BCUT2D eigenvalue weighted by Gasteiger charge is 2.14. The molecule has 0 heterocycles. The summed E-state index contributed by atoms with van der Waals surface area (Å²) < 4.78 is 0. The van der Waals surface area contributed by atoms with Gasteiger partial charge in [-0.05, 0) is 56.3 Å². The predicted molar refractivity (Wildman–Crippen MR) is 79.2 cm³/mol. The second kappa shape index (κ2) is 7.16. The summed E-state index contributed by atoms with van der Waals surface area (Å²) in [5, 5.41) is 4.50. The maximum Gasteiger partial charge on any atom is 0.0406 e. The molecule has 1 unspecified atom stereocenters. The molecule has 1 saturated carbocycles. The van der Waals surface area contributed by atoms with Crippen LogP contribution < -0.4 is 5.32 Å². The number of halogens is 1. The largest absolute Gasteiger partial charge is 0.314 e. The molecule has 1 aliphatic rings. The van der Waals surface area contributed by atoms with Crippen LogP contribution in [0, 0.1) is 5.92 Å². The summed E-state index contributed by atoms with van der Waals surface area (Å²) in [6.07, 6.45) is 8.22. The monoisotopic (exact) mass is 265 g/mol. The van der Waals surface area contributed by atoms with Crippen molar-refractivity contribution in [2.45, 2.75) is 51.5 Å². The molecule has 1 aromatic rings. The van der Waals surface area contributed by atoms with Gasteiger partial charge in [-0.3, -0.25) is 0 Å². The van der Waals surface area contributed by atoms with Gasteiger partial charge in [0.15, 0.2) is 0 Å². The van der Waals surface area contributed by atoms with Gasteiger partial charge in [-0.15, -0.1) is 0 Å². The van der Waals surface area contributed by atoms with E-state index in [0.29, 0.717) is 6.04 Å². The maximum atomic E-state index is 5.90. The third kappa shape index (κ3) is 4.62. The van der Waals surface area contributed by atoms with Gasteiger partial charge in [-0.1, -0.05) is 43.0 Å². The molecule has 0 spiro atoms. The highest BCUT2D eigenvalue weighted by Crippen LogP contribution is 2.23. The van der Waals surface area contributed by atoms with Gasteiger partial charge < -0.3 is 5.32 Å². The quantitative estimate of drug-likeness (QED) is 0.830. The van der Waals surface area contributed by atoms with Crippen molar-refractivity contribution in [3.8, 4) is 0 Å². The highest BCUT2D eigenvalue weighted by molar-refractivity contribution is 6.30. The van der Waals surface area contributed by atoms with Gasteiger partial charge in [0.2, 0.25) is 0 Å². The number of rotatable bonds is 5. The van der Waals surface area contributed by atoms with E-state index in [1.807, 2.05) is 12.1 Å². The fraction of sp³-hybridized carbons (Fsp3) is 0.625. The molecule has 2 heteroatoms. The molecule has 0 saturated heterocycles. The molecule has 0 amide bonds. The average Bonchev–Trinajstić information content (AvgIpc) is 2.40. The lowest BCUT2D eigenvalue weighted by Gasteiger charge is -2.24. The van der Waals surface area contributed by atoms with Crippen molar-refractivity contribution in [2.75, 3.05) is 6.54 Å². The normalized spacial score (nSPS) is 18.8. The summed E-state index contributed by atoms with van der Waals surface area (Å²) in [5.41, 5.74) is 1.36. The van der Waals surface area contributed by atoms with E-state index in [1.165, 1.54) is 44.2 Å². The van der Waals surface area contributed by atoms with Gasteiger partial charge >= 0.3 is 0 Å². The first-order valence-electron chi connectivity index (χ1n) is 7.22. The van der Waals surface area contributed by atoms with E-state index in [-0.39, 0.29) is 0 Å². The summed E-state index contributed by atoms with van der Waals surface area (Å²) in [6.45, 7) is 3.46. The van der Waals surface area contributed by atoms with E-state index >= 15 is 0 Å². The third-order valence-corrected chi connectivity index (χ3v) is 4.19. The Bertz CT molecular complexity index is 341. The van der Waals surface area contributed by atoms with Crippen molar-refractivity contribution in [3.05, 3.63) is 34.9 Å². The molecule has 0 radical (unpaired) electrons. The van der Waals surface area contributed by atoms with Gasteiger partial charge in [-0.2, -0.15) is 0 Å². The van der Waals surface area contributed by atoms with E-state index < -0.39 is 0 Å². The Labute approximate surface area is 116 Å². The number of nitrogens with one attached hydrogen (secondary N) is 1. The van der Waals surface area contributed by atoms with Gasteiger partial charge in [0, 0.05) is 11.1 Å². The summed E-state index contributed by atoms with van der Waals surface area (Å²) in [7, 11) is 0. The van der Waals surface area contributed by atoms with E-state index in [0.717, 1.165) is 17.4 Å². The number of benzene rings is 1. The van der Waals surface area contributed by atoms with Gasteiger partial charge in [0.1, 0.15) is 0 Å². The Hall–Kier alpha value is -0.530. The molecule has 1 atom stereocenters. The Kier molecular flexibility index (Phi) is 5.52. The first-order chi connectivity index (χ1) is 8.74. The van der Waals surface area contributed by atoms with Crippen molar-refractivity contribution < 1.29 is 0 Å². The Morgan fingerprint density at radius 3 is 2.50 bits per heavy atom. The van der Waals surface area contributed by atoms with Gasteiger partial charge in [0.05, 0.1) is 0 Å². The van der Waals surface area contributed by atoms with Gasteiger partial charge in [-0.25, -0.2) is 0 Å². The zero-order valence-corrected chi connectivity index (χ0v) is 12.0. The molecule has 1 nitrogen and oxygen atoms in total. The van der Waals surface area contributed by atoms with E-state index in [1.54, 1.807) is 0 Å². The van der Waals surface area contributed by atoms with Crippen LogP contribution in [0.3, 0.4) is 0 Å². The number of hydrogen-bond donors (Lipinski definition) is 1. The molecule has 18 heavy (non-hydrogen) atoms. The van der Waals surface area contributed by atoms with Crippen LogP contribution in [-0.4, -0.2) is 12.6 Å². The minimum Gasteiger partial charge on any atom is -0.314 e. The zero-order valence-electron chi connectivity index (χ0n) is 11.3. The van der Waals surface area contributed by atoms with Crippen LogP contribution in [0.2, 0.25) is 5.02 Å². The van der Waals surface area contributed by atoms with Crippen LogP contribution in [0.25, 0.3) is 0 Å². The topological polar surface area (TPSA) is 12.0 Å². The first-order valence-corrected chi connectivity index (χ1v) is 7.59. The Morgan fingerprint density at radius 1 is 1.17 bits per heavy atom. The molecular weight excluding hydrogens is 242 g/mol. The van der Waals surface area contributed by atoms with Crippen LogP contribution in [0.5, 0.6) is 0 Å². The fourth-order valence-corrected chi connectivity index (χ4v) is 2.93. The molecule has 0 aromatic heterocycles. The molecule has 1 fully saturated rings. The van der Waals surface area contributed by atoms with Crippen molar-refractivity contribution >= 4 is 11.6 Å². The molecule has 1 aromatic carbocycles. The average molecular weight is 266 g/mol. The Balaban J connectivity index is 1.71. The standard InChI is InChI=1S/C16H24ClN/c1-13(11-14-7-9-16(17)10-8-14)18-12-15-5-3-2-4-6-15/h7-10,13,15,18H,2-6,11-12H2,1H3. The lowest BCUT2D eigenvalue weighted by Crippen LogP contribution is -2.33. The van der Waals surface area contributed by atoms with Gasteiger partial charge in [0.25, 0.3) is 0 Å². The van der Waals surface area contributed by atoms with E-state index in [9.17, 15) is 0 Å². The van der Waals surface area contributed by atoms with Crippen LogP contribution in [0.4, 0.5) is 0 Å². The SMILES string of the molecule is CC(Cc1ccc(Cl)cc1)NCC1CCCCC1. The first kappa shape index (κ1) is 13.9. The molecule has 1 N–H and O–H groups in total. The lowest BCUT2D eigenvalue weighted by molar-refractivity contribution is 0.330. The van der Waals surface area contributed by atoms with Crippen LogP contribution >= 0.6 is 11.6 Å². The molecule has 0 aliphatic heterocycles. The van der Waals surface area contributed by atoms with Crippen LogP contribution in [0.15, 0.2) is 24.3 Å². The molecule has 1 aliphatic carbocycles. The minimum atomic E-state index is 0.549. The Morgan fingerprint density at radius 2 is 1.83 bits per heavy atom. The van der Waals surface area contributed by atoms with Crippen molar-refractivity contribution in [2.24, 2.45) is 5.92 Å². The van der Waals surface area contributed by atoms with Crippen LogP contribution in [0.1, 0.15) is 44.6 Å². The minimum absolute atomic E-state index is 0.549. The molecular formula is C16H24ClN. The van der Waals surface area contributed by atoms with E-state index in [4.69, 9.17) is 11.6 Å². The van der Waals surface area contributed by atoms with Crippen molar-refractivity contribution in [1.82, 2.24) is 5.32 Å². The summed E-state index contributed by atoms with van der Waals surface area (Å²) in [6, 6.07) is 8.76. The smallest absolute Gasteiger partial charge is 0.0406 e. The molecule has 0 bridgehead atoms. The zero-order chi connectivity index (χ0) is 12.8. The lowest BCUT2D eigenvalue weighted by atomic mass is 9.89. The second-order valence-electron chi connectivity index (χ2n) is 5.64. The maximum absolute atomic E-state index is 5.90. The summed E-state index contributed by atoms with van der Waals surface area (Å²) in [4.78, 5) is 0. The van der Waals surface area contributed by atoms with Crippen LogP contribution in [-0.2, 0) is 6.42 Å². The predicted octanol–water partition coefficient (Wildman–Crippen LogP) is 4.44. The number of hydrogen-bond acceptors (Lipinski definition) is 1. The molecule has 100 valence electrons. The summed E-state index contributed by atoms with van der Waals surface area (Å²) in [5.74, 6) is 0.909. The fourth-order valence-electron chi connectivity index (χ4n) is 2.81. The molecule has 2 rings (SSSR count).